The van der Waals surface area contributed by atoms with Crippen LogP contribution in [-0.2, 0) is 0 Å². The third-order valence-corrected chi connectivity index (χ3v) is 3.34. The predicted octanol–water partition coefficient (Wildman–Crippen LogP) is 2.98. The van der Waals surface area contributed by atoms with Crippen LogP contribution < -0.4 is 0 Å². The van der Waals surface area contributed by atoms with E-state index in [9.17, 15) is 0 Å². The maximum atomic E-state index is 8.90. The maximum Gasteiger partial charge on any atom is 0.0433 e. The molecule has 0 bridgehead atoms. The van der Waals surface area contributed by atoms with E-state index in [1.165, 1.54) is 38.5 Å². The van der Waals surface area contributed by atoms with Gasteiger partial charge in [-0.2, -0.15) is 0 Å². The first-order valence-corrected chi connectivity index (χ1v) is 5.49. The lowest BCUT2D eigenvalue weighted by molar-refractivity contribution is 0.183. The van der Waals surface area contributed by atoms with Gasteiger partial charge >= 0.3 is 0 Å². The van der Waals surface area contributed by atoms with E-state index in [1.54, 1.807) is 0 Å². The highest BCUT2D eigenvalue weighted by Crippen LogP contribution is 2.33. The molecule has 1 saturated carbocycles. The second kappa shape index (κ2) is 5.58. The van der Waals surface area contributed by atoms with Crippen LogP contribution >= 0.6 is 0 Å². The third-order valence-electron chi connectivity index (χ3n) is 3.34. The Bertz CT molecular complexity index is 103. The molecule has 0 aliphatic heterocycles. The fraction of sp³-hybridized carbons (Fsp3) is 1.00. The molecule has 0 saturated heterocycles. The van der Waals surface area contributed by atoms with Crippen LogP contribution in [-0.4, -0.2) is 11.7 Å². The van der Waals surface area contributed by atoms with E-state index in [-0.39, 0.29) is 0 Å². The van der Waals surface area contributed by atoms with Crippen LogP contribution in [0.15, 0.2) is 0 Å². The molecule has 0 radical (unpaired) electrons. The molecule has 1 N–H and O–H groups in total. The highest BCUT2D eigenvalue weighted by molar-refractivity contribution is 4.72. The van der Waals surface area contributed by atoms with Crippen molar-refractivity contribution < 1.29 is 5.11 Å². The molecule has 1 unspecified atom stereocenters. The van der Waals surface area contributed by atoms with Gasteiger partial charge in [-0.25, -0.2) is 0 Å². The van der Waals surface area contributed by atoms with E-state index in [1.807, 2.05) is 0 Å². The fourth-order valence-corrected chi connectivity index (χ4v) is 2.54. The topological polar surface area (TPSA) is 20.2 Å². The molecule has 1 aliphatic rings. The van der Waals surface area contributed by atoms with Gasteiger partial charge in [-0.15, -0.1) is 0 Å². The van der Waals surface area contributed by atoms with E-state index >= 15 is 0 Å². The summed E-state index contributed by atoms with van der Waals surface area (Å²) in [7, 11) is 0. The van der Waals surface area contributed by atoms with Crippen molar-refractivity contribution in [3.05, 3.63) is 0 Å². The number of hydrogen-bond acceptors (Lipinski definition) is 1. The summed E-state index contributed by atoms with van der Waals surface area (Å²) in [6.07, 6.45) is 9.40. The van der Waals surface area contributed by atoms with Gasteiger partial charge in [0, 0.05) is 6.61 Å². The zero-order valence-electron chi connectivity index (χ0n) is 8.26. The van der Waals surface area contributed by atoms with Crippen LogP contribution in [0.2, 0.25) is 0 Å². The first-order valence-electron chi connectivity index (χ1n) is 5.49. The van der Waals surface area contributed by atoms with Crippen LogP contribution in [0.25, 0.3) is 0 Å². The largest absolute Gasteiger partial charge is 0.396 e. The molecule has 1 heteroatoms. The molecule has 1 nitrogen and oxygen atoms in total. The average molecular weight is 170 g/mol. The van der Waals surface area contributed by atoms with Gasteiger partial charge in [0.25, 0.3) is 0 Å². The summed E-state index contributed by atoms with van der Waals surface area (Å²) in [5.41, 5.74) is 0. The Labute approximate surface area is 76.2 Å². The van der Waals surface area contributed by atoms with Gasteiger partial charge in [0.05, 0.1) is 0 Å². The molecule has 0 amide bonds. The quantitative estimate of drug-likeness (QED) is 0.687. The van der Waals surface area contributed by atoms with Gasteiger partial charge in [-0.1, -0.05) is 45.4 Å². The van der Waals surface area contributed by atoms with Crippen LogP contribution in [0.4, 0.5) is 0 Å². The van der Waals surface area contributed by atoms with Crippen LogP contribution in [0.1, 0.15) is 51.9 Å². The molecular weight excluding hydrogens is 148 g/mol. The van der Waals surface area contributed by atoms with Crippen molar-refractivity contribution in [3.63, 3.8) is 0 Å². The summed E-state index contributed by atoms with van der Waals surface area (Å²) < 4.78 is 0. The summed E-state index contributed by atoms with van der Waals surface area (Å²) in [4.78, 5) is 0. The van der Waals surface area contributed by atoms with Gasteiger partial charge in [0.2, 0.25) is 0 Å². The number of aliphatic hydroxyl groups excluding tert-OH is 1. The monoisotopic (exact) mass is 170 g/mol. The minimum Gasteiger partial charge on any atom is -0.396 e. The van der Waals surface area contributed by atoms with E-state index < -0.39 is 0 Å². The van der Waals surface area contributed by atoms with E-state index in [0.29, 0.717) is 6.61 Å². The van der Waals surface area contributed by atoms with Gasteiger partial charge in [-0.3, -0.25) is 0 Å². The molecule has 0 spiro atoms. The average Bonchev–Trinajstić information content (AvgIpc) is 2.15. The van der Waals surface area contributed by atoms with Crippen molar-refractivity contribution in [3.8, 4) is 0 Å². The lowest BCUT2D eigenvalue weighted by atomic mass is 9.77. The summed E-state index contributed by atoms with van der Waals surface area (Å²) >= 11 is 0. The lowest BCUT2D eigenvalue weighted by Crippen LogP contribution is -2.18. The molecule has 0 aromatic rings. The van der Waals surface area contributed by atoms with Crippen molar-refractivity contribution >= 4 is 0 Å². The first kappa shape index (κ1) is 10.0. The Morgan fingerprint density at radius 3 is 2.42 bits per heavy atom. The van der Waals surface area contributed by atoms with E-state index in [0.717, 1.165) is 18.3 Å². The zero-order valence-corrected chi connectivity index (χ0v) is 8.26. The molecular formula is C11H22O. The standard InChI is InChI=1S/C11H22O/c1-2-10(8-9-12)11-6-4-3-5-7-11/h10-12H,2-9H2,1H3. The highest BCUT2D eigenvalue weighted by Gasteiger charge is 2.21. The second-order valence-electron chi connectivity index (χ2n) is 4.08. The summed E-state index contributed by atoms with van der Waals surface area (Å²) in [5.74, 6) is 1.73. The summed E-state index contributed by atoms with van der Waals surface area (Å²) in [5, 5.41) is 8.90. The van der Waals surface area contributed by atoms with Crippen molar-refractivity contribution in [2.75, 3.05) is 6.61 Å². The summed E-state index contributed by atoms with van der Waals surface area (Å²) in [6, 6.07) is 0. The molecule has 72 valence electrons. The van der Waals surface area contributed by atoms with Crippen molar-refractivity contribution in [1.29, 1.82) is 0 Å². The highest BCUT2D eigenvalue weighted by atomic mass is 16.3. The van der Waals surface area contributed by atoms with E-state index in [2.05, 4.69) is 6.92 Å². The van der Waals surface area contributed by atoms with Crippen LogP contribution in [0.5, 0.6) is 0 Å². The molecule has 0 heterocycles. The Kier molecular flexibility index (Phi) is 4.67. The van der Waals surface area contributed by atoms with Crippen molar-refractivity contribution in [2.45, 2.75) is 51.9 Å². The zero-order chi connectivity index (χ0) is 8.81. The molecule has 0 aromatic carbocycles. The van der Waals surface area contributed by atoms with Crippen molar-refractivity contribution in [1.82, 2.24) is 0 Å². The van der Waals surface area contributed by atoms with Crippen molar-refractivity contribution in [2.24, 2.45) is 11.8 Å². The summed E-state index contributed by atoms with van der Waals surface area (Å²) in [6.45, 7) is 2.64. The van der Waals surface area contributed by atoms with Gasteiger partial charge in [-0.05, 0) is 18.3 Å². The Hall–Kier alpha value is -0.0400. The number of hydrogen-bond donors (Lipinski definition) is 1. The van der Waals surface area contributed by atoms with E-state index in [4.69, 9.17) is 5.11 Å². The Morgan fingerprint density at radius 1 is 1.25 bits per heavy atom. The normalized spacial score (nSPS) is 22.5. The van der Waals surface area contributed by atoms with Crippen LogP contribution in [0.3, 0.4) is 0 Å². The lowest BCUT2D eigenvalue weighted by Gasteiger charge is -2.29. The van der Waals surface area contributed by atoms with Gasteiger partial charge in [0.1, 0.15) is 0 Å². The smallest absolute Gasteiger partial charge is 0.0433 e. The molecule has 1 aliphatic carbocycles. The molecule has 12 heavy (non-hydrogen) atoms. The SMILES string of the molecule is CCC(CCO)C1CCCCC1. The number of aliphatic hydroxyl groups is 1. The first-order chi connectivity index (χ1) is 5.88. The predicted molar refractivity (Wildman–Crippen MR) is 52.1 cm³/mol. The molecule has 0 aromatic heterocycles. The van der Waals surface area contributed by atoms with Gasteiger partial charge in [0.15, 0.2) is 0 Å². The molecule has 1 atom stereocenters. The third kappa shape index (κ3) is 2.78. The minimum atomic E-state index is 0.384. The Balaban J connectivity index is 2.29. The fourth-order valence-electron chi connectivity index (χ4n) is 2.54. The van der Waals surface area contributed by atoms with Gasteiger partial charge < -0.3 is 5.11 Å². The maximum absolute atomic E-state index is 8.90. The second-order valence-corrected chi connectivity index (χ2v) is 4.08. The molecule has 1 fully saturated rings. The minimum absolute atomic E-state index is 0.384. The molecule has 1 rings (SSSR count). The number of rotatable bonds is 4. The van der Waals surface area contributed by atoms with Crippen LogP contribution in [0, 0.1) is 11.8 Å². The Morgan fingerprint density at radius 2 is 1.92 bits per heavy atom.